The summed E-state index contributed by atoms with van der Waals surface area (Å²) < 4.78 is 0. The topological polar surface area (TPSA) is 0 Å². The molecule has 0 unspecified atom stereocenters. The van der Waals surface area contributed by atoms with Gasteiger partial charge in [0.25, 0.3) is 0 Å². The van der Waals surface area contributed by atoms with Crippen molar-refractivity contribution in [3.05, 3.63) is 21.4 Å². The first-order valence-electron chi connectivity index (χ1n) is 3.29. The lowest BCUT2D eigenvalue weighted by Gasteiger charge is -1.93. The molecule has 0 radical (unpaired) electrons. The molecule has 0 saturated carbocycles. The summed E-state index contributed by atoms with van der Waals surface area (Å²) in [6, 6.07) is 0. The minimum atomic E-state index is 1.18. The number of hydrogen-bond acceptors (Lipinski definition) is 1. The van der Waals surface area contributed by atoms with Crippen LogP contribution in [0, 0.1) is 13.8 Å². The van der Waals surface area contributed by atoms with E-state index in [0.29, 0.717) is 0 Å². The van der Waals surface area contributed by atoms with E-state index in [4.69, 9.17) is 0 Å². The van der Waals surface area contributed by atoms with Gasteiger partial charge in [-0.15, -0.1) is 11.3 Å². The van der Waals surface area contributed by atoms with Crippen LogP contribution in [-0.2, 0) is 6.42 Å². The number of hydrogen-bond donors (Lipinski definition) is 0. The van der Waals surface area contributed by atoms with Gasteiger partial charge in [-0.1, -0.05) is 6.92 Å². The Kier molecular flexibility index (Phi) is 1.91. The Morgan fingerprint density at radius 1 is 1.44 bits per heavy atom. The smallest absolute Gasteiger partial charge is 0.00488 e. The number of thiophene rings is 1. The van der Waals surface area contributed by atoms with E-state index >= 15 is 0 Å². The minimum Gasteiger partial charge on any atom is -0.149 e. The lowest BCUT2D eigenvalue weighted by Crippen LogP contribution is -1.80. The molecule has 1 rings (SSSR count). The summed E-state index contributed by atoms with van der Waals surface area (Å²) in [4.78, 5) is 1.48. The van der Waals surface area contributed by atoms with Crippen molar-refractivity contribution in [1.29, 1.82) is 0 Å². The summed E-state index contributed by atoms with van der Waals surface area (Å²) in [5.41, 5.74) is 3.00. The standard InChI is InChI=1S/C8H12S/c1-4-8-6(2)5-9-7(8)3/h5H,4H2,1-3H3. The zero-order valence-corrected chi connectivity index (χ0v) is 7.01. The average molecular weight is 140 g/mol. The van der Waals surface area contributed by atoms with Crippen LogP contribution < -0.4 is 0 Å². The van der Waals surface area contributed by atoms with Crippen molar-refractivity contribution < 1.29 is 0 Å². The first-order valence-corrected chi connectivity index (χ1v) is 4.17. The molecule has 0 aliphatic heterocycles. The van der Waals surface area contributed by atoms with Gasteiger partial charge in [-0.05, 0) is 36.8 Å². The van der Waals surface area contributed by atoms with E-state index < -0.39 is 0 Å². The fourth-order valence-electron chi connectivity index (χ4n) is 1.12. The van der Waals surface area contributed by atoms with E-state index in [2.05, 4.69) is 26.2 Å². The Morgan fingerprint density at radius 3 is 2.33 bits per heavy atom. The third kappa shape index (κ3) is 1.16. The van der Waals surface area contributed by atoms with Crippen LogP contribution in [0.1, 0.15) is 22.9 Å². The molecule has 0 atom stereocenters. The average Bonchev–Trinajstić information content (AvgIpc) is 2.12. The summed E-state index contributed by atoms with van der Waals surface area (Å²) in [6.07, 6.45) is 1.18. The lowest BCUT2D eigenvalue weighted by atomic mass is 10.1. The molecule has 0 aromatic carbocycles. The first-order chi connectivity index (χ1) is 4.25. The van der Waals surface area contributed by atoms with Crippen LogP contribution in [0.5, 0.6) is 0 Å². The third-order valence-corrected chi connectivity index (χ3v) is 2.74. The molecule has 0 fully saturated rings. The molecule has 0 N–H and O–H groups in total. The molecule has 0 aliphatic rings. The van der Waals surface area contributed by atoms with Gasteiger partial charge >= 0.3 is 0 Å². The highest BCUT2D eigenvalue weighted by Gasteiger charge is 1.99. The van der Waals surface area contributed by atoms with Gasteiger partial charge in [-0.2, -0.15) is 0 Å². The van der Waals surface area contributed by atoms with Crippen molar-refractivity contribution in [2.45, 2.75) is 27.2 Å². The Balaban J connectivity index is 3.07. The highest BCUT2D eigenvalue weighted by atomic mass is 32.1. The van der Waals surface area contributed by atoms with E-state index in [-0.39, 0.29) is 0 Å². The molecule has 9 heavy (non-hydrogen) atoms. The fourth-order valence-corrected chi connectivity index (χ4v) is 2.07. The van der Waals surface area contributed by atoms with Gasteiger partial charge in [0.05, 0.1) is 0 Å². The van der Waals surface area contributed by atoms with Crippen molar-refractivity contribution in [1.82, 2.24) is 0 Å². The molecule has 0 amide bonds. The quantitative estimate of drug-likeness (QED) is 0.562. The molecule has 1 heteroatoms. The summed E-state index contributed by atoms with van der Waals surface area (Å²) in [7, 11) is 0. The third-order valence-electron chi connectivity index (χ3n) is 1.67. The van der Waals surface area contributed by atoms with Crippen LogP contribution in [0.2, 0.25) is 0 Å². The fraction of sp³-hybridized carbons (Fsp3) is 0.500. The highest BCUT2D eigenvalue weighted by Crippen LogP contribution is 2.20. The van der Waals surface area contributed by atoms with Gasteiger partial charge in [-0.25, -0.2) is 0 Å². The normalized spacial score (nSPS) is 10.1. The predicted molar refractivity (Wildman–Crippen MR) is 43.2 cm³/mol. The Morgan fingerprint density at radius 2 is 2.11 bits per heavy atom. The highest BCUT2D eigenvalue weighted by molar-refractivity contribution is 7.10. The monoisotopic (exact) mass is 140 g/mol. The van der Waals surface area contributed by atoms with Crippen molar-refractivity contribution >= 4 is 11.3 Å². The van der Waals surface area contributed by atoms with E-state index in [1.165, 1.54) is 16.9 Å². The lowest BCUT2D eigenvalue weighted by molar-refractivity contribution is 1.11. The Labute approximate surface area is 60.5 Å². The van der Waals surface area contributed by atoms with Crippen LogP contribution in [0.15, 0.2) is 5.38 Å². The molecular formula is C8H12S. The van der Waals surface area contributed by atoms with Crippen molar-refractivity contribution in [2.75, 3.05) is 0 Å². The number of rotatable bonds is 1. The van der Waals surface area contributed by atoms with Gasteiger partial charge in [-0.3, -0.25) is 0 Å². The minimum absolute atomic E-state index is 1.18. The first kappa shape index (κ1) is 6.81. The summed E-state index contributed by atoms with van der Waals surface area (Å²) >= 11 is 1.86. The maximum Gasteiger partial charge on any atom is 0.00488 e. The molecule has 1 aromatic heterocycles. The molecule has 0 bridgehead atoms. The van der Waals surface area contributed by atoms with Gasteiger partial charge < -0.3 is 0 Å². The summed E-state index contributed by atoms with van der Waals surface area (Å²) in [6.45, 7) is 6.58. The molecule has 0 aliphatic carbocycles. The van der Waals surface area contributed by atoms with E-state index in [1.54, 1.807) is 5.56 Å². The van der Waals surface area contributed by atoms with Gasteiger partial charge in [0.15, 0.2) is 0 Å². The predicted octanol–water partition coefficient (Wildman–Crippen LogP) is 2.93. The van der Waals surface area contributed by atoms with Crippen molar-refractivity contribution in [2.24, 2.45) is 0 Å². The molecule has 0 saturated heterocycles. The Hall–Kier alpha value is -0.300. The zero-order chi connectivity index (χ0) is 6.85. The molecule has 50 valence electrons. The van der Waals surface area contributed by atoms with Gasteiger partial charge in [0, 0.05) is 4.88 Å². The van der Waals surface area contributed by atoms with E-state index in [0.717, 1.165) is 0 Å². The van der Waals surface area contributed by atoms with Crippen molar-refractivity contribution in [3.8, 4) is 0 Å². The molecule has 1 heterocycles. The van der Waals surface area contributed by atoms with Crippen LogP contribution >= 0.6 is 11.3 Å². The van der Waals surface area contributed by atoms with Crippen LogP contribution in [-0.4, -0.2) is 0 Å². The van der Waals surface area contributed by atoms with E-state index in [9.17, 15) is 0 Å². The molecule has 1 aromatic rings. The maximum atomic E-state index is 2.23. The van der Waals surface area contributed by atoms with Crippen LogP contribution in [0.4, 0.5) is 0 Å². The summed E-state index contributed by atoms with van der Waals surface area (Å²) in [5.74, 6) is 0. The SMILES string of the molecule is CCc1c(C)csc1C. The summed E-state index contributed by atoms with van der Waals surface area (Å²) in [5, 5.41) is 2.23. The largest absolute Gasteiger partial charge is 0.149 e. The van der Waals surface area contributed by atoms with Gasteiger partial charge in [0.1, 0.15) is 0 Å². The van der Waals surface area contributed by atoms with Crippen molar-refractivity contribution in [3.63, 3.8) is 0 Å². The van der Waals surface area contributed by atoms with E-state index in [1.807, 2.05) is 11.3 Å². The maximum absolute atomic E-state index is 2.23. The molecule has 0 nitrogen and oxygen atoms in total. The Bertz CT molecular complexity index is 179. The second kappa shape index (κ2) is 2.53. The second-order valence-electron chi connectivity index (χ2n) is 2.31. The van der Waals surface area contributed by atoms with Crippen LogP contribution in [0.3, 0.4) is 0 Å². The second-order valence-corrected chi connectivity index (χ2v) is 3.39. The van der Waals surface area contributed by atoms with Crippen LogP contribution in [0.25, 0.3) is 0 Å². The van der Waals surface area contributed by atoms with Gasteiger partial charge in [0.2, 0.25) is 0 Å². The molecule has 0 spiro atoms. The number of aryl methyl sites for hydroxylation is 2. The zero-order valence-electron chi connectivity index (χ0n) is 6.19. The molecular weight excluding hydrogens is 128 g/mol.